The minimum absolute atomic E-state index is 0.0278. The topological polar surface area (TPSA) is 75.4 Å². The van der Waals surface area contributed by atoms with Gasteiger partial charge in [-0.3, -0.25) is 9.59 Å². The van der Waals surface area contributed by atoms with Crippen LogP contribution in [-0.2, 0) is 4.79 Å². The molecule has 0 aliphatic carbocycles. The first-order chi connectivity index (χ1) is 8.97. The quantitative estimate of drug-likeness (QED) is 0.807. The third-order valence-electron chi connectivity index (χ3n) is 2.56. The summed E-state index contributed by atoms with van der Waals surface area (Å²) < 4.78 is 0.556. The molecule has 0 aromatic heterocycles. The van der Waals surface area contributed by atoms with Gasteiger partial charge in [-0.2, -0.15) is 0 Å². The summed E-state index contributed by atoms with van der Waals surface area (Å²) in [4.78, 5) is 25.1. The van der Waals surface area contributed by atoms with Gasteiger partial charge < -0.3 is 16.0 Å². The molecule has 0 atom stereocenters. The summed E-state index contributed by atoms with van der Waals surface area (Å²) in [7, 11) is 1.59. The van der Waals surface area contributed by atoms with Gasteiger partial charge in [0.05, 0.1) is 16.6 Å². The molecule has 0 fully saturated rings. The Morgan fingerprint density at radius 1 is 1.42 bits per heavy atom. The number of halogens is 1. The number of anilines is 1. The fourth-order valence-electron chi connectivity index (χ4n) is 1.53. The largest absolute Gasteiger partial charge is 0.398 e. The van der Waals surface area contributed by atoms with Crippen LogP contribution in [0.2, 0.25) is 0 Å². The highest BCUT2D eigenvalue weighted by Crippen LogP contribution is 2.24. The molecule has 0 aliphatic heterocycles. The Balaban J connectivity index is 2.72. The SMILES string of the molecule is CCCNC(=O)CN(C)C(=O)c1cccc(N)c1Br. The van der Waals surface area contributed by atoms with Gasteiger partial charge in [-0.1, -0.05) is 13.0 Å². The van der Waals surface area contributed by atoms with Gasteiger partial charge in [0.15, 0.2) is 0 Å². The van der Waals surface area contributed by atoms with Crippen LogP contribution in [0, 0.1) is 0 Å². The van der Waals surface area contributed by atoms with Gasteiger partial charge >= 0.3 is 0 Å². The van der Waals surface area contributed by atoms with E-state index in [1.165, 1.54) is 4.90 Å². The van der Waals surface area contributed by atoms with Crippen molar-refractivity contribution in [3.05, 3.63) is 28.2 Å². The average molecular weight is 328 g/mol. The standard InChI is InChI=1S/C13H18BrN3O2/c1-3-7-16-11(18)8-17(2)13(19)9-5-4-6-10(15)12(9)14/h4-6H,3,7-8,15H2,1-2H3,(H,16,18). The fourth-order valence-corrected chi connectivity index (χ4v) is 1.96. The van der Waals surface area contributed by atoms with E-state index in [-0.39, 0.29) is 18.4 Å². The van der Waals surface area contributed by atoms with Crippen LogP contribution in [0.5, 0.6) is 0 Å². The number of carbonyl (C=O) groups is 2. The van der Waals surface area contributed by atoms with Crippen molar-refractivity contribution < 1.29 is 9.59 Å². The Morgan fingerprint density at radius 3 is 2.74 bits per heavy atom. The first kappa shape index (κ1) is 15.5. The van der Waals surface area contributed by atoms with Gasteiger partial charge in [0.2, 0.25) is 5.91 Å². The molecule has 1 rings (SSSR count). The normalized spacial score (nSPS) is 10.1. The van der Waals surface area contributed by atoms with Gasteiger partial charge in [-0.15, -0.1) is 0 Å². The Labute approximate surface area is 121 Å². The highest BCUT2D eigenvalue weighted by atomic mass is 79.9. The van der Waals surface area contributed by atoms with Gasteiger partial charge in [-0.25, -0.2) is 0 Å². The number of hydrogen-bond acceptors (Lipinski definition) is 3. The zero-order valence-electron chi connectivity index (χ0n) is 11.1. The van der Waals surface area contributed by atoms with Crippen LogP contribution in [0.15, 0.2) is 22.7 Å². The van der Waals surface area contributed by atoms with Crippen LogP contribution in [0.25, 0.3) is 0 Å². The molecule has 0 aliphatic rings. The summed E-state index contributed by atoms with van der Waals surface area (Å²) in [6.07, 6.45) is 0.865. The summed E-state index contributed by atoms with van der Waals surface area (Å²) >= 11 is 3.28. The monoisotopic (exact) mass is 327 g/mol. The number of nitrogens with one attached hydrogen (secondary N) is 1. The molecule has 1 aromatic rings. The van der Waals surface area contributed by atoms with E-state index in [4.69, 9.17) is 5.73 Å². The maximum Gasteiger partial charge on any atom is 0.255 e. The average Bonchev–Trinajstić information content (AvgIpc) is 2.38. The summed E-state index contributed by atoms with van der Waals surface area (Å²) in [6.45, 7) is 2.61. The predicted octanol–water partition coefficient (Wildman–Crippen LogP) is 1.63. The molecule has 104 valence electrons. The van der Waals surface area contributed by atoms with Gasteiger partial charge in [0.1, 0.15) is 0 Å². The Hall–Kier alpha value is -1.56. The number of likely N-dealkylation sites (N-methyl/N-ethyl adjacent to an activating group) is 1. The van der Waals surface area contributed by atoms with Crippen molar-refractivity contribution in [1.29, 1.82) is 0 Å². The van der Waals surface area contributed by atoms with E-state index >= 15 is 0 Å². The highest BCUT2D eigenvalue weighted by Gasteiger charge is 2.17. The molecule has 0 spiro atoms. The van der Waals surface area contributed by atoms with E-state index < -0.39 is 0 Å². The minimum Gasteiger partial charge on any atom is -0.398 e. The number of rotatable bonds is 5. The van der Waals surface area contributed by atoms with Crippen molar-refractivity contribution in [3.8, 4) is 0 Å². The Morgan fingerprint density at radius 2 is 2.11 bits per heavy atom. The molecule has 0 heterocycles. The predicted molar refractivity (Wildman–Crippen MR) is 78.8 cm³/mol. The van der Waals surface area contributed by atoms with Crippen molar-refractivity contribution in [2.45, 2.75) is 13.3 Å². The van der Waals surface area contributed by atoms with E-state index in [0.717, 1.165) is 6.42 Å². The van der Waals surface area contributed by atoms with Crippen LogP contribution < -0.4 is 11.1 Å². The zero-order valence-corrected chi connectivity index (χ0v) is 12.7. The van der Waals surface area contributed by atoms with Crippen LogP contribution >= 0.6 is 15.9 Å². The van der Waals surface area contributed by atoms with Crippen LogP contribution in [-0.4, -0.2) is 36.9 Å². The van der Waals surface area contributed by atoms with Crippen LogP contribution in [0.3, 0.4) is 0 Å². The van der Waals surface area contributed by atoms with Crippen LogP contribution in [0.4, 0.5) is 5.69 Å². The smallest absolute Gasteiger partial charge is 0.255 e. The lowest BCUT2D eigenvalue weighted by Gasteiger charge is -2.18. The number of nitrogens with two attached hydrogens (primary N) is 1. The Kier molecular flexibility index (Phi) is 5.82. The third kappa shape index (κ3) is 4.24. The molecular weight excluding hydrogens is 310 g/mol. The number of hydrogen-bond donors (Lipinski definition) is 2. The molecular formula is C13H18BrN3O2. The highest BCUT2D eigenvalue weighted by molar-refractivity contribution is 9.10. The lowest BCUT2D eigenvalue weighted by atomic mass is 10.2. The number of carbonyl (C=O) groups excluding carboxylic acids is 2. The summed E-state index contributed by atoms with van der Waals surface area (Å²) in [5.74, 6) is -0.413. The molecule has 5 nitrogen and oxygen atoms in total. The van der Waals surface area contributed by atoms with Gasteiger partial charge in [-0.05, 0) is 34.5 Å². The van der Waals surface area contributed by atoms with Crippen molar-refractivity contribution in [2.24, 2.45) is 0 Å². The van der Waals surface area contributed by atoms with Crippen molar-refractivity contribution >= 4 is 33.4 Å². The second kappa shape index (κ2) is 7.13. The van der Waals surface area contributed by atoms with Crippen molar-refractivity contribution in [3.63, 3.8) is 0 Å². The molecule has 2 amide bonds. The molecule has 3 N–H and O–H groups in total. The molecule has 0 unspecified atom stereocenters. The van der Waals surface area contributed by atoms with E-state index in [1.54, 1.807) is 25.2 Å². The molecule has 0 bridgehead atoms. The Bertz CT molecular complexity index is 477. The van der Waals surface area contributed by atoms with E-state index in [0.29, 0.717) is 22.3 Å². The van der Waals surface area contributed by atoms with Gasteiger partial charge in [0.25, 0.3) is 5.91 Å². The summed E-state index contributed by atoms with van der Waals surface area (Å²) in [6, 6.07) is 5.08. The van der Waals surface area contributed by atoms with E-state index in [2.05, 4.69) is 21.2 Å². The second-order valence-electron chi connectivity index (χ2n) is 4.22. The zero-order chi connectivity index (χ0) is 14.4. The van der Waals surface area contributed by atoms with E-state index in [9.17, 15) is 9.59 Å². The molecule has 0 saturated heterocycles. The van der Waals surface area contributed by atoms with Crippen molar-refractivity contribution in [2.75, 3.05) is 25.9 Å². The summed E-state index contributed by atoms with van der Waals surface area (Å²) in [5.41, 5.74) is 6.67. The molecule has 6 heteroatoms. The molecule has 0 saturated carbocycles. The molecule has 19 heavy (non-hydrogen) atoms. The summed E-state index contributed by atoms with van der Waals surface area (Å²) in [5, 5.41) is 2.73. The first-order valence-electron chi connectivity index (χ1n) is 6.03. The minimum atomic E-state index is -0.245. The first-order valence-corrected chi connectivity index (χ1v) is 6.82. The number of amides is 2. The van der Waals surface area contributed by atoms with E-state index in [1.807, 2.05) is 6.92 Å². The lowest BCUT2D eigenvalue weighted by molar-refractivity contribution is -0.121. The fraction of sp³-hybridized carbons (Fsp3) is 0.385. The maximum absolute atomic E-state index is 12.2. The molecule has 1 aromatic carbocycles. The third-order valence-corrected chi connectivity index (χ3v) is 3.44. The molecule has 0 radical (unpaired) electrons. The number of benzene rings is 1. The number of nitrogen functional groups attached to an aromatic ring is 1. The number of nitrogens with zero attached hydrogens (tertiary/aromatic N) is 1. The lowest BCUT2D eigenvalue weighted by Crippen LogP contribution is -2.38. The maximum atomic E-state index is 12.2. The van der Waals surface area contributed by atoms with Crippen LogP contribution in [0.1, 0.15) is 23.7 Å². The second-order valence-corrected chi connectivity index (χ2v) is 5.01. The van der Waals surface area contributed by atoms with Crippen molar-refractivity contribution in [1.82, 2.24) is 10.2 Å². The van der Waals surface area contributed by atoms with Gasteiger partial charge in [0, 0.05) is 19.3 Å².